The van der Waals surface area contributed by atoms with E-state index < -0.39 is 0 Å². The molecule has 4 heterocycles. The predicted molar refractivity (Wildman–Crippen MR) is 86.5 cm³/mol. The van der Waals surface area contributed by atoms with Crippen LogP contribution in [0, 0.1) is 5.92 Å². The Bertz CT molecular complexity index is 715. The van der Waals surface area contributed by atoms with E-state index >= 15 is 0 Å². The number of hydrogen-bond acceptors (Lipinski definition) is 5. The Labute approximate surface area is 140 Å². The molecule has 0 aliphatic carbocycles. The fourth-order valence-electron chi connectivity index (χ4n) is 3.49. The lowest BCUT2D eigenvalue weighted by atomic mass is 9.95. The van der Waals surface area contributed by atoms with Gasteiger partial charge in [0.2, 0.25) is 5.82 Å². The number of fused-ring (bicyclic) bond motifs is 1. The van der Waals surface area contributed by atoms with Gasteiger partial charge in [-0.1, -0.05) is 0 Å². The zero-order chi connectivity index (χ0) is 16.4. The van der Waals surface area contributed by atoms with Crippen molar-refractivity contribution in [2.75, 3.05) is 13.2 Å². The summed E-state index contributed by atoms with van der Waals surface area (Å²) in [7, 11) is 0. The van der Waals surface area contributed by atoms with Crippen LogP contribution in [-0.2, 0) is 24.1 Å². The van der Waals surface area contributed by atoms with Gasteiger partial charge in [0.1, 0.15) is 5.82 Å². The molecule has 4 rings (SSSR count). The van der Waals surface area contributed by atoms with Crippen molar-refractivity contribution in [2.24, 2.45) is 5.92 Å². The molecule has 126 valence electrons. The Morgan fingerprint density at radius 1 is 1.25 bits per heavy atom. The van der Waals surface area contributed by atoms with Crippen molar-refractivity contribution in [3.63, 3.8) is 0 Å². The fourth-order valence-corrected chi connectivity index (χ4v) is 3.49. The molecule has 2 aliphatic heterocycles. The number of ether oxygens (including phenoxy) is 1. The lowest BCUT2D eigenvalue weighted by molar-refractivity contribution is 0.0908. The van der Waals surface area contributed by atoms with Crippen LogP contribution in [0.2, 0.25) is 0 Å². The molecule has 2 aromatic rings. The minimum atomic E-state index is -0.147. The van der Waals surface area contributed by atoms with Gasteiger partial charge in [-0.25, -0.2) is 0 Å². The van der Waals surface area contributed by atoms with Gasteiger partial charge in [0, 0.05) is 31.3 Å². The molecule has 0 spiro atoms. The minimum absolute atomic E-state index is 0.00204. The first-order chi connectivity index (χ1) is 11.8. The van der Waals surface area contributed by atoms with Gasteiger partial charge in [0.25, 0.3) is 5.91 Å². The van der Waals surface area contributed by atoms with Crippen LogP contribution in [0.25, 0.3) is 0 Å². The van der Waals surface area contributed by atoms with E-state index in [0.29, 0.717) is 19.0 Å². The van der Waals surface area contributed by atoms with Crippen molar-refractivity contribution < 1.29 is 9.53 Å². The summed E-state index contributed by atoms with van der Waals surface area (Å²) in [5, 5.41) is 11.4. The quantitative estimate of drug-likeness (QED) is 0.906. The van der Waals surface area contributed by atoms with E-state index in [1.807, 2.05) is 16.7 Å². The van der Waals surface area contributed by atoms with Gasteiger partial charge in [-0.05, 0) is 37.0 Å². The summed E-state index contributed by atoms with van der Waals surface area (Å²) >= 11 is 0. The van der Waals surface area contributed by atoms with Crippen LogP contribution in [0.3, 0.4) is 0 Å². The van der Waals surface area contributed by atoms with Crippen LogP contribution in [0.5, 0.6) is 0 Å². The molecule has 2 aromatic heterocycles. The number of hydrogen-bond donors (Lipinski definition) is 1. The third-order valence-electron chi connectivity index (χ3n) is 4.82. The number of carbonyl (C=O) groups is 1. The van der Waals surface area contributed by atoms with Gasteiger partial charge >= 0.3 is 0 Å². The molecule has 0 saturated carbocycles. The van der Waals surface area contributed by atoms with Gasteiger partial charge in [-0.15, -0.1) is 10.2 Å². The number of aryl methyl sites for hydroxylation is 1. The van der Waals surface area contributed by atoms with Gasteiger partial charge in [-0.2, -0.15) is 0 Å². The van der Waals surface area contributed by atoms with Crippen LogP contribution in [-0.4, -0.2) is 44.9 Å². The number of nitrogens with zero attached hydrogens (tertiary/aromatic N) is 4. The molecule has 2 atom stereocenters. The van der Waals surface area contributed by atoms with E-state index in [1.165, 1.54) is 5.56 Å². The summed E-state index contributed by atoms with van der Waals surface area (Å²) in [6, 6.07) is 4.01. The van der Waals surface area contributed by atoms with Gasteiger partial charge in [0.05, 0.1) is 19.3 Å². The van der Waals surface area contributed by atoms with Crippen LogP contribution < -0.4 is 5.32 Å². The molecule has 1 saturated heterocycles. The maximum Gasteiger partial charge on any atom is 0.289 e. The normalized spacial score (nSPS) is 23.0. The fraction of sp³-hybridized carbons (Fsp3) is 0.529. The van der Waals surface area contributed by atoms with Crippen molar-refractivity contribution in [1.82, 2.24) is 25.1 Å². The summed E-state index contributed by atoms with van der Waals surface area (Å²) in [5.41, 5.74) is 1.21. The molecule has 7 nitrogen and oxygen atoms in total. The molecule has 0 aromatic carbocycles. The van der Waals surface area contributed by atoms with E-state index in [2.05, 4.69) is 20.5 Å². The van der Waals surface area contributed by atoms with E-state index in [9.17, 15) is 4.79 Å². The Morgan fingerprint density at radius 2 is 2.12 bits per heavy atom. The first kappa shape index (κ1) is 15.3. The SMILES string of the molecule is O=C(N[C@H]1COC[C@H]1Cc1ccncc1)c1nnc2n1CCCC2. The smallest absolute Gasteiger partial charge is 0.289 e. The minimum Gasteiger partial charge on any atom is -0.379 e. The first-order valence-electron chi connectivity index (χ1n) is 8.51. The predicted octanol–water partition coefficient (Wildman–Crippen LogP) is 0.997. The molecule has 0 radical (unpaired) electrons. The molecule has 24 heavy (non-hydrogen) atoms. The summed E-state index contributed by atoms with van der Waals surface area (Å²) in [6.45, 7) is 2.03. The molecule has 2 aliphatic rings. The molecular formula is C17H21N5O2. The number of pyridine rings is 1. The zero-order valence-electron chi connectivity index (χ0n) is 13.5. The van der Waals surface area contributed by atoms with E-state index in [-0.39, 0.29) is 17.9 Å². The average molecular weight is 327 g/mol. The highest BCUT2D eigenvalue weighted by atomic mass is 16.5. The molecule has 1 fully saturated rings. The first-order valence-corrected chi connectivity index (χ1v) is 8.51. The van der Waals surface area contributed by atoms with Gasteiger partial charge < -0.3 is 14.6 Å². The summed E-state index contributed by atoms with van der Waals surface area (Å²) < 4.78 is 7.55. The lowest BCUT2D eigenvalue weighted by Crippen LogP contribution is -2.41. The van der Waals surface area contributed by atoms with Crippen LogP contribution in [0.1, 0.15) is 34.8 Å². The van der Waals surface area contributed by atoms with Gasteiger partial charge in [-0.3, -0.25) is 9.78 Å². The largest absolute Gasteiger partial charge is 0.379 e. The highest BCUT2D eigenvalue weighted by molar-refractivity contribution is 5.91. The average Bonchev–Trinajstić information content (AvgIpc) is 3.23. The number of amides is 1. The molecule has 1 N–H and O–H groups in total. The third-order valence-corrected chi connectivity index (χ3v) is 4.82. The number of rotatable bonds is 4. The summed E-state index contributed by atoms with van der Waals surface area (Å²) in [5.74, 6) is 1.47. The lowest BCUT2D eigenvalue weighted by Gasteiger charge is -2.20. The molecule has 0 unspecified atom stereocenters. The molecule has 7 heteroatoms. The number of carbonyl (C=O) groups excluding carboxylic acids is 1. The highest BCUT2D eigenvalue weighted by Gasteiger charge is 2.31. The second-order valence-electron chi connectivity index (χ2n) is 6.49. The van der Waals surface area contributed by atoms with Crippen LogP contribution in [0.4, 0.5) is 0 Å². The monoisotopic (exact) mass is 327 g/mol. The van der Waals surface area contributed by atoms with Gasteiger partial charge in [0.15, 0.2) is 0 Å². The second-order valence-corrected chi connectivity index (χ2v) is 6.49. The van der Waals surface area contributed by atoms with Crippen molar-refractivity contribution in [3.05, 3.63) is 41.7 Å². The van der Waals surface area contributed by atoms with Crippen molar-refractivity contribution in [3.8, 4) is 0 Å². The van der Waals surface area contributed by atoms with Crippen molar-refractivity contribution in [1.29, 1.82) is 0 Å². The Kier molecular flexibility index (Phi) is 4.25. The van der Waals surface area contributed by atoms with Crippen LogP contribution >= 0.6 is 0 Å². The third kappa shape index (κ3) is 3.03. The summed E-state index contributed by atoms with van der Waals surface area (Å²) in [4.78, 5) is 16.7. The Morgan fingerprint density at radius 3 is 3.00 bits per heavy atom. The topological polar surface area (TPSA) is 81.9 Å². The Balaban J connectivity index is 1.44. The standard InChI is InChI=1S/C17H21N5O2/c23-17(16-21-20-15-3-1-2-8-22(15)16)19-14-11-24-10-13(14)9-12-4-6-18-7-5-12/h4-7,13-14H,1-3,8-11H2,(H,19,23)/t13-,14+/m1/s1. The number of nitrogens with one attached hydrogen (secondary N) is 1. The van der Waals surface area contributed by atoms with E-state index in [0.717, 1.165) is 38.1 Å². The number of aromatic nitrogens is 4. The van der Waals surface area contributed by atoms with Crippen molar-refractivity contribution >= 4 is 5.91 Å². The molecule has 1 amide bonds. The van der Waals surface area contributed by atoms with Crippen LogP contribution in [0.15, 0.2) is 24.5 Å². The summed E-state index contributed by atoms with van der Waals surface area (Å²) in [6.07, 6.45) is 7.54. The zero-order valence-corrected chi connectivity index (χ0v) is 13.5. The molecule has 0 bridgehead atoms. The highest BCUT2D eigenvalue weighted by Crippen LogP contribution is 2.20. The Hall–Kier alpha value is -2.28. The maximum atomic E-state index is 12.6. The van der Waals surface area contributed by atoms with E-state index in [1.54, 1.807) is 12.4 Å². The van der Waals surface area contributed by atoms with E-state index in [4.69, 9.17) is 4.74 Å². The molecular weight excluding hydrogens is 306 g/mol. The maximum absolute atomic E-state index is 12.6. The van der Waals surface area contributed by atoms with Crippen molar-refractivity contribution in [2.45, 2.75) is 38.3 Å². The second kappa shape index (κ2) is 6.68.